The molecule has 0 saturated heterocycles. The van der Waals surface area contributed by atoms with E-state index in [9.17, 15) is 10.1 Å². The van der Waals surface area contributed by atoms with Gasteiger partial charge in [0.25, 0.3) is 0 Å². The molecular formula is C11H16N2O3. The fraction of sp³-hybridized carbons (Fsp3) is 0.636. The number of rotatable bonds is 6. The van der Waals surface area contributed by atoms with Crippen molar-refractivity contribution in [2.24, 2.45) is 5.92 Å². The van der Waals surface area contributed by atoms with Crippen molar-refractivity contribution in [3.8, 4) is 0 Å². The third kappa shape index (κ3) is 2.61. The molecule has 0 aliphatic heterocycles. The first-order valence-electron chi connectivity index (χ1n) is 5.67. The number of nitrogens with one attached hydrogen (secondary N) is 1. The molecule has 0 spiro atoms. The lowest BCUT2D eigenvalue weighted by Crippen LogP contribution is -2.17. The van der Waals surface area contributed by atoms with Crippen LogP contribution in [0.2, 0.25) is 0 Å². The zero-order valence-electron chi connectivity index (χ0n) is 9.31. The molecule has 2 unspecified atom stereocenters. The Bertz CT molecular complexity index is 375. The van der Waals surface area contributed by atoms with Gasteiger partial charge in [0.1, 0.15) is 10.7 Å². The Morgan fingerprint density at radius 3 is 3.06 bits per heavy atom. The van der Waals surface area contributed by atoms with E-state index in [0.717, 1.165) is 5.92 Å². The summed E-state index contributed by atoms with van der Waals surface area (Å²) in [6, 6.07) is 3.62. The van der Waals surface area contributed by atoms with Crippen molar-refractivity contribution in [1.82, 2.24) is 5.32 Å². The average Bonchev–Trinajstić information content (AvgIpc) is 2.80. The monoisotopic (exact) mass is 224 g/mol. The molecule has 16 heavy (non-hydrogen) atoms. The summed E-state index contributed by atoms with van der Waals surface area (Å²) < 4.78 is 5.06. The van der Waals surface area contributed by atoms with E-state index < -0.39 is 4.92 Å². The van der Waals surface area contributed by atoms with Crippen LogP contribution < -0.4 is 5.32 Å². The van der Waals surface area contributed by atoms with Gasteiger partial charge in [-0.15, -0.1) is 0 Å². The number of hydrogen-bond donors (Lipinski definition) is 1. The molecule has 1 aliphatic rings. The maximum atomic E-state index is 10.4. The molecule has 88 valence electrons. The van der Waals surface area contributed by atoms with Crippen LogP contribution in [0.1, 0.15) is 31.9 Å². The highest BCUT2D eigenvalue weighted by Crippen LogP contribution is 2.34. The van der Waals surface area contributed by atoms with E-state index in [2.05, 4.69) is 12.2 Å². The van der Waals surface area contributed by atoms with Gasteiger partial charge < -0.3 is 9.73 Å². The number of nitrogens with zero attached hydrogens (tertiary/aromatic N) is 1. The molecule has 2 rings (SSSR count). The van der Waals surface area contributed by atoms with Gasteiger partial charge in [-0.2, -0.15) is 0 Å². The van der Waals surface area contributed by atoms with Gasteiger partial charge in [0.15, 0.2) is 0 Å². The van der Waals surface area contributed by atoms with Crippen LogP contribution in [-0.2, 0) is 6.54 Å². The van der Waals surface area contributed by atoms with Crippen molar-refractivity contribution in [3.05, 3.63) is 28.0 Å². The summed E-state index contributed by atoms with van der Waals surface area (Å²) in [6.45, 7) is 2.77. The van der Waals surface area contributed by atoms with Gasteiger partial charge in [-0.3, -0.25) is 10.1 Å². The lowest BCUT2D eigenvalue weighted by Gasteiger charge is -2.00. The van der Waals surface area contributed by atoms with E-state index in [4.69, 9.17) is 4.42 Å². The molecular weight excluding hydrogens is 208 g/mol. The van der Waals surface area contributed by atoms with Crippen LogP contribution in [0.5, 0.6) is 0 Å². The second-order valence-electron chi connectivity index (χ2n) is 4.27. The predicted molar refractivity (Wildman–Crippen MR) is 59.0 cm³/mol. The summed E-state index contributed by atoms with van der Waals surface area (Å²) in [7, 11) is 0. The van der Waals surface area contributed by atoms with Crippen molar-refractivity contribution in [1.29, 1.82) is 0 Å². The lowest BCUT2D eigenvalue weighted by molar-refractivity contribution is -0.402. The van der Waals surface area contributed by atoms with E-state index in [1.54, 1.807) is 6.07 Å². The molecule has 0 amide bonds. The zero-order valence-corrected chi connectivity index (χ0v) is 9.31. The molecule has 1 heterocycles. The van der Waals surface area contributed by atoms with Gasteiger partial charge in [0, 0.05) is 6.04 Å². The molecule has 0 bridgehead atoms. The maximum absolute atomic E-state index is 10.4. The molecule has 5 nitrogen and oxygen atoms in total. The third-order valence-corrected chi connectivity index (χ3v) is 2.95. The molecule has 1 aromatic heterocycles. The highest BCUT2D eigenvalue weighted by atomic mass is 16.6. The Labute approximate surface area is 94.0 Å². The number of furan rings is 1. The Morgan fingerprint density at radius 1 is 1.62 bits per heavy atom. The van der Waals surface area contributed by atoms with E-state index in [1.165, 1.54) is 25.3 Å². The second-order valence-corrected chi connectivity index (χ2v) is 4.27. The lowest BCUT2D eigenvalue weighted by atomic mass is 10.2. The summed E-state index contributed by atoms with van der Waals surface area (Å²) in [6.07, 6.45) is 3.70. The maximum Gasteiger partial charge on any atom is 0.433 e. The molecule has 1 aliphatic carbocycles. The number of nitro groups is 1. The number of hydrogen-bond acceptors (Lipinski definition) is 4. The Morgan fingerprint density at radius 2 is 2.44 bits per heavy atom. The first-order chi connectivity index (χ1) is 7.70. The minimum Gasteiger partial charge on any atom is -0.404 e. The average molecular weight is 224 g/mol. The van der Waals surface area contributed by atoms with Crippen LogP contribution in [0.25, 0.3) is 0 Å². The minimum atomic E-state index is -0.513. The van der Waals surface area contributed by atoms with Crippen LogP contribution in [0, 0.1) is 16.0 Å². The van der Waals surface area contributed by atoms with Gasteiger partial charge in [0.05, 0.1) is 12.6 Å². The molecule has 5 heteroatoms. The van der Waals surface area contributed by atoms with Crippen molar-refractivity contribution in [3.63, 3.8) is 0 Å². The van der Waals surface area contributed by atoms with E-state index >= 15 is 0 Å². The Kier molecular flexibility index (Phi) is 3.24. The molecule has 2 atom stereocenters. The van der Waals surface area contributed by atoms with Gasteiger partial charge in [-0.25, -0.2) is 0 Å². The van der Waals surface area contributed by atoms with E-state index in [0.29, 0.717) is 18.3 Å². The van der Waals surface area contributed by atoms with Crippen molar-refractivity contribution < 1.29 is 9.34 Å². The van der Waals surface area contributed by atoms with E-state index in [1.807, 2.05) is 0 Å². The highest BCUT2D eigenvalue weighted by molar-refractivity contribution is 5.17. The van der Waals surface area contributed by atoms with Gasteiger partial charge in [0.2, 0.25) is 0 Å². The Balaban J connectivity index is 1.76. The molecule has 0 aromatic carbocycles. The fourth-order valence-corrected chi connectivity index (χ4v) is 1.98. The quantitative estimate of drug-likeness (QED) is 0.595. The van der Waals surface area contributed by atoms with Crippen LogP contribution in [-0.4, -0.2) is 11.0 Å². The first kappa shape index (κ1) is 11.1. The smallest absolute Gasteiger partial charge is 0.404 e. The van der Waals surface area contributed by atoms with Crippen LogP contribution in [0.4, 0.5) is 5.88 Å². The second kappa shape index (κ2) is 4.65. The highest BCUT2D eigenvalue weighted by Gasteiger charge is 2.35. The van der Waals surface area contributed by atoms with Gasteiger partial charge >= 0.3 is 5.88 Å². The Hall–Kier alpha value is -1.36. The molecule has 1 N–H and O–H groups in total. The summed E-state index contributed by atoms with van der Waals surface area (Å²) in [4.78, 5) is 9.88. The van der Waals surface area contributed by atoms with Crippen LogP contribution in [0.15, 0.2) is 16.5 Å². The van der Waals surface area contributed by atoms with Crippen LogP contribution in [0.3, 0.4) is 0 Å². The largest absolute Gasteiger partial charge is 0.433 e. The van der Waals surface area contributed by atoms with Gasteiger partial charge in [-0.1, -0.05) is 13.3 Å². The van der Waals surface area contributed by atoms with Crippen LogP contribution >= 0.6 is 0 Å². The normalized spacial score (nSPS) is 23.3. The zero-order chi connectivity index (χ0) is 11.5. The molecule has 1 aromatic rings. The van der Waals surface area contributed by atoms with Gasteiger partial charge in [-0.05, 0) is 24.8 Å². The first-order valence-corrected chi connectivity index (χ1v) is 5.67. The molecule has 0 radical (unpaired) electrons. The summed E-state index contributed by atoms with van der Waals surface area (Å²) >= 11 is 0. The molecule has 1 fully saturated rings. The van der Waals surface area contributed by atoms with Crippen molar-refractivity contribution in [2.45, 2.75) is 38.8 Å². The van der Waals surface area contributed by atoms with E-state index in [-0.39, 0.29) is 5.88 Å². The summed E-state index contributed by atoms with van der Waals surface area (Å²) in [5, 5.41) is 13.7. The standard InChI is InChI=1S/C11H16N2O3/c1-2-3-8-6-10(8)12-7-9-4-5-11(16-9)13(14)15/h4-5,8,10,12H,2-3,6-7H2,1H3. The summed E-state index contributed by atoms with van der Waals surface area (Å²) in [5.41, 5.74) is 0. The van der Waals surface area contributed by atoms with Crippen molar-refractivity contribution >= 4 is 5.88 Å². The SMILES string of the molecule is CCCC1CC1NCc1ccc([N+](=O)[O-])o1. The topological polar surface area (TPSA) is 68.3 Å². The minimum absolute atomic E-state index is 0.183. The predicted octanol–water partition coefficient (Wildman–Crippen LogP) is 2.47. The molecule has 1 saturated carbocycles. The summed E-state index contributed by atoms with van der Waals surface area (Å²) in [5.74, 6) is 1.24. The third-order valence-electron chi connectivity index (χ3n) is 2.95. The van der Waals surface area contributed by atoms with Crippen molar-refractivity contribution in [2.75, 3.05) is 0 Å². The fourth-order valence-electron chi connectivity index (χ4n) is 1.98.